The van der Waals surface area contributed by atoms with Crippen LogP contribution in [0.4, 0.5) is 0 Å². The smallest absolute Gasteiger partial charge is 0.00613 e. The molecular formula is C25H37NS. The van der Waals surface area contributed by atoms with Crippen molar-refractivity contribution in [3.63, 3.8) is 0 Å². The van der Waals surface area contributed by atoms with Crippen molar-refractivity contribution in [1.82, 2.24) is 4.72 Å². The Bertz CT molecular complexity index is 713. The average Bonchev–Trinajstić information content (AvgIpc) is 2.59. The van der Waals surface area contributed by atoms with E-state index in [2.05, 4.69) is 69.0 Å². The lowest BCUT2D eigenvalue weighted by Crippen LogP contribution is -2.38. The number of nitrogens with one attached hydrogen (secondary N) is 1. The zero-order chi connectivity index (χ0) is 19.4. The van der Waals surface area contributed by atoms with Crippen molar-refractivity contribution in [3.8, 4) is 0 Å². The topological polar surface area (TPSA) is 12.0 Å². The van der Waals surface area contributed by atoms with Crippen LogP contribution in [0.3, 0.4) is 0 Å². The molecule has 0 heterocycles. The minimum Gasteiger partial charge on any atom is -0.264 e. The van der Waals surface area contributed by atoms with Gasteiger partial charge in [0, 0.05) is 6.54 Å². The van der Waals surface area contributed by atoms with E-state index in [-0.39, 0.29) is 0 Å². The zero-order valence-electron chi connectivity index (χ0n) is 17.9. The molecule has 0 saturated heterocycles. The van der Waals surface area contributed by atoms with Gasteiger partial charge < -0.3 is 0 Å². The van der Waals surface area contributed by atoms with Crippen LogP contribution in [-0.4, -0.2) is 12.8 Å². The van der Waals surface area contributed by atoms with Gasteiger partial charge in [0.15, 0.2) is 0 Å². The molecule has 3 rings (SSSR count). The van der Waals surface area contributed by atoms with Crippen molar-refractivity contribution in [2.75, 3.05) is 12.8 Å². The van der Waals surface area contributed by atoms with E-state index in [4.69, 9.17) is 0 Å². The Hall–Kier alpha value is -0.990. The van der Waals surface area contributed by atoms with E-state index in [0.717, 1.165) is 24.8 Å². The van der Waals surface area contributed by atoms with Gasteiger partial charge in [-0.1, -0.05) is 61.7 Å². The van der Waals surface area contributed by atoms with Gasteiger partial charge in [-0.25, -0.2) is 0 Å². The van der Waals surface area contributed by atoms with Crippen LogP contribution in [0, 0.1) is 18.3 Å². The van der Waals surface area contributed by atoms with E-state index in [1.54, 1.807) is 28.6 Å². The third-order valence-corrected chi connectivity index (χ3v) is 7.11. The molecular weight excluding hydrogens is 346 g/mol. The second kappa shape index (κ2) is 9.01. The molecule has 2 aliphatic carbocycles. The van der Waals surface area contributed by atoms with E-state index >= 15 is 0 Å². The van der Waals surface area contributed by atoms with Crippen LogP contribution in [0.5, 0.6) is 0 Å². The summed E-state index contributed by atoms with van der Waals surface area (Å²) in [6.45, 7) is 10.7. The fourth-order valence-corrected chi connectivity index (χ4v) is 5.68. The van der Waals surface area contributed by atoms with Gasteiger partial charge in [-0.05, 0) is 98.1 Å². The molecule has 0 bridgehead atoms. The Morgan fingerprint density at radius 2 is 2.04 bits per heavy atom. The van der Waals surface area contributed by atoms with Gasteiger partial charge in [0.25, 0.3) is 0 Å². The van der Waals surface area contributed by atoms with Crippen molar-refractivity contribution in [2.45, 2.75) is 72.1 Å². The van der Waals surface area contributed by atoms with Crippen LogP contribution in [0.25, 0.3) is 0 Å². The highest BCUT2D eigenvalue weighted by atomic mass is 32.2. The molecule has 0 radical (unpaired) electrons. The minimum absolute atomic E-state index is 0.403. The molecule has 1 aromatic carbocycles. The van der Waals surface area contributed by atoms with Crippen LogP contribution in [-0.2, 0) is 12.8 Å². The van der Waals surface area contributed by atoms with Crippen LogP contribution in [0.1, 0.15) is 74.6 Å². The molecule has 0 saturated carbocycles. The molecule has 148 valence electrons. The monoisotopic (exact) mass is 383 g/mol. The van der Waals surface area contributed by atoms with Crippen molar-refractivity contribution >= 4 is 11.9 Å². The number of fused-ring (bicyclic) bond motifs is 3. The van der Waals surface area contributed by atoms with E-state index in [1.807, 2.05) is 0 Å². The average molecular weight is 384 g/mol. The van der Waals surface area contributed by atoms with Crippen molar-refractivity contribution < 1.29 is 0 Å². The van der Waals surface area contributed by atoms with Crippen molar-refractivity contribution in [3.05, 3.63) is 58.2 Å². The Labute approximate surface area is 171 Å². The molecule has 2 aliphatic rings. The first-order valence-electron chi connectivity index (χ1n) is 10.6. The van der Waals surface area contributed by atoms with Crippen molar-refractivity contribution in [2.24, 2.45) is 11.3 Å². The van der Waals surface area contributed by atoms with Gasteiger partial charge in [0.05, 0.1) is 0 Å². The molecule has 2 atom stereocenters. The fourth-order valence-electron chi connectivity index (χ4n) is 5.33. The van der Waals surface area contributed by atoms with E-state index in [0.29, 0.717) is 5.41 Å². The van der Waals surface area contributed by atoms with Crippen LogP contribution in [0.2, 0.25) is 0 Å². The second-order valence-corrected chi connectivity index (χ2v) is 9.97. The lowest BCUT2D eigenvalue weighted by molar-refractivity contribution is 0.151. The van der Waals surface area contributed by atoms with Gasteiger partial charge in [-0.15, -0.1) is 0 Å². The summed E-state index contributed by atoms with van der Waals surface area (Å²) in [5, 5.41) is 0. The molecule has 0 aromatic heterocycles. The number of hydrogen-bond donors (Lipinski definition) is 1. The van der Waals surface area contributed by atoms with Crippen molar-refractivity contribution in [1.29, 1.82) is 0 Å². The first kappa shape index (κ1) is 20.7. The summed E-state index contributed by atoms with van der Waals surface area (Å²) in [4.78, 5) is 0. The molecule has 0 aliphatic heterocycles. The van der Waals surface area contributed by atoms with Crippen LogP contribution >= 0.6 is 11.9 Å². The number of hydrogen-bond acceptors (Lipinski definition) is 2. The Morgan fingerprint density at radius 1 is 1.22 bits per heavy atom. The molecule has 0 spiro atoms. The first-order valence-corrected chi connectivity index (χ1v) is 11.8. The number of unbranched alkanes of at least 4 members (excludes halogenated alkanes) is 1. The third-order valence-electron chi connectivity index (χ3n) is 6.61. The minimum atomic E-state index is 0.403. The molecule has 1 N–H and O–H groups in total. The molecule has 27 heavy (non-hydrogen) atoms. The SMILES string of the molecule is CSNCCCC=CCc1cc(C)c2c(c1)CC(C)(C)C1CC=C(C)CC21. The first-order chi connectivity index (χ1) is 12.9. The summed E-state index contributed by atoms with van der Waals surface area (Å²) in [6, 6.07) is 4.98. The summed E-state index contributed by atoms with van der Waals surface area (Å²) in [5.41, 5.74) is 8.32. The van der Waals surface area contributed by atoms with E-state index in [9.17, 15) is 0 Å². The fraction of sp³-hybridized carbons (Fsp3) is 0.600. The lowest BCUT2D eigenvalue weighted by Gasteiger charge is -2.48. The molecule has 2 heteroatoms. The maximum atomic E-state index is 3.31. The molecule has 0 amide bonds. The maximum absolute atomic E-state index is 3.31. The largest absolute Gasteiger partial charge is 0.264 e. The third kappa shape index (κ3) is 4.90. The number of benzene rings is 1. The molecule has 2 unspecified atom stereocenters. The summed E-state index contributed by atoms with van der Waals surface area (Å²) >= 11 is 1.71. The number of aryl methyl sites for hydroxylation is 1. The van der Waals surface area contributed by atoms with Gasteiger partial charge in [0.1, 0.15) is 0 Å². The molecule has 1 aromatic rings. The predicted molar refractivity (Wildman–Crippen MR) is 121 cm³/mol. The summed E-state index contributed by atoms with van der Waals surface area (Å²) in [7, 11) is 0. The van der Waals surface area contributed by atoms with Gasteiger partial charge in [0.2, 0.25) is 0 Å². The van der Waals surface area contributed by atoms with Crippen LogP contribution < -0.4 is 4.72 Å². The van der Waals surface area contributed by atoms with E-state index in [1.165, 1.54) is 43.2 Å². The second-order valence-electron chi connectivity index (χ2n) is 9.27. The van der Waals surface area contributed by atoms with Gasteiger partial charge in [-0.3, -0.25) is 4.72 Å². The summed E-state index contributed by atoms with van der Waals surface area (Å²) in [5.74, 6) is 1.52. The number of allylic oxidation sites excluding steroid dienone is 4. The lowest BCUT2D eigenvalue weighted by atomic mass is 9.57. The molecule has 1 nitrogen and oxygen atoms in total. The quantitative estimate of drug-likeness (QED) is 0.317. The summed E-state index contributed by atoms with van der Waals surface area (Å²) < 4.78 is 3.31. The Balaban J connectivity index is 1.74. The Morgan fingerprint density at radius 3 is 2.81 bits per heavy atom. The highest BCUT2D eigenvalue weighted by Gasteiger charge is 2.43. The number of rotatable bonds is 7. The van der Waals surface area contributed by atoms with Crippen LogP contribution in [0.15, 0.2) is 35.9 Å². The normalized spacial score (nSPS) is 23.8. The standard InChI is InChI=1S/C25H37NS/c1-18-11-12-23-22(14-18)24-19(2)15-20(16-21(24)17-25(23,3)4)10-8-6-7-9-13-26-27-5/h6,8,11,15-16,22-23,26H,7,9-10,12-14,17H2,1-5H3. The zero-order valence-corrected chi connectivity index (χ0v) is 18.7. The predicted octanol–water partition coefficient (Wildman–Crippen LogP) is 6.76. The molecule has 0 fully saturated rings. The highest BCUT2D eigenvalue weighted by molar-refractivity contribution is 7.96. The van der Waals surface area contributed by atoms with E-state index < -0.39 is 0 Å². The van der Waals surface area contributed by atoms with Gasteiger partial charge >= 0.3 is 0 Å². The summed E-state index contributed by atoms with van der Waals surface area (Å²) in [6.07, 6.45) is 16.5. The Kier molecular flexibility index (Phi) is 6.92. The van der Waals surface area contributed by atoms with Gasteiger partial charge in [-0.2, -0.15) is 0 Å². The maximum Gasteiger partial charge on any atom is 0.00613 e. The highest BCUT2D eigenvalue weighted by Crippen LogP contribution is 2.53.